The van der Waals surface area contributed by atoms with Crippen molar-refractivity contribution in [3.05, 3.63) is 52.5 Å². The monoisotopic (exact) mass is 497 g/mol. The standard InChI is InChI=1S/C23H32FN3O4S2/c1-6-23(4,5)26-22(29)21(16(2)3)27(15-18-8-7-13-32-18)20(28)14-25-33(30,31)19-11-9-17(24)10-12-19/h7-13,16,21,25H,6,14-15H2,1-5H3,(H,26,29). The first-order valence-electron chi connectivity index (χ1n) is 10.8. The van der Waals surface area contributed by atoms with E-state index in [1.165, 1.54) is 16.2 Å². The molecular formula is C23H32FN3O4S2. The van der Waals surface area contributed by atoms with E-state index in [2.05, 4.69) is 10.0 Å². The molecule has 0 saturated carbocycles. The smallest absolute Gasteiger partial charge is 0.243 e. The zero-order chi connectivity index (χ0) is 24.8. The van der Waals surface area contributed by atoms with Crippen LogP contribution in [0.15, 0.2) is 46.7 Å². The summed E-state index contributed by atoms with van der Waals surface area (Å²) in [6.07, 6.45) is 0.708. The summed E-state index contributed by atoms with van der Waals surface area (Å²) in [6.45, 7) is 9.12. The zero-order valence-electron chi connectivity index (χ0n) is 19.6. The predicted octanol–water partition coefficient (Wildman–Crippen LogP) is 3.52. The fraction of sp³-hybridized carbons (Fsp3) is 0.478. The number of nitrogens with one attached hydrogen (secondary N) is 2. The number of sulfonamides is 1. The van der Waals surface area contributed by atoms with E-state index in [1.54, 1.807) is 0 Å². The molecule has 0 aliphatic heterocycles. The van der Waals surface area contributed by atoms with Gasteiger partial charge in [-0.15, -0.1) is 11.3 Å². The number of rotatable bonds is 11. The summed E-state index contributed by atoms with van der Waals surface area (Å²) < 4.78 is 40.6. The van der Waals surface area contributed by atoms with Gasteiger partial charge in [-0.3, -0.25) is 9.59 Å². The van der Waals surface area contributed by atoms with E-state index in [4.69, 9.17) is 0 Å². The average molecular weight is 498 g/mol. The molecule has 0 radical (unpaired) electrons. The molecule has 1 unspecified atom stereocenters. The molecule has 1 atom stereocenters. The summed E-state index contributed by atoms with van der Waals surface area (Å²) in [5.74, 6) is -1.59. The third-order valence-electron chi connectivity index (χ3n) is 5.35. The third-order valence-corrected chi connectivity index (χ3v) is 7.62. The quantitative estimate of drug-likeness (QED) is 0.497. The molecule has 1 aromatic carbocycles. The van der Waals surface area contributed by atoms with Crippen LogP contribution in [0, 0.1) is 11.7 Å². The van der Waals surface area contributed by atoms with Crippen molar-refractivity contribution in [2.24, 2.45) is 5.92 Å². The van der Waals surface area contributed by atoms with Crippen molar-refractivity contribution in [2.75, 3.05) is 6.54 Å². The Kier molecular flexibility index (Phi) is 9.16. The Hall–Kier alpha value is -2.30. The topological polar surface area (TPSA) is 95.6 Å². The van der Waals surface area contributed by atoms with E-state index in [1.807, 2.05) is 52.1 Å². The Morgan fingerprint density at radius 3 is 2.30 bits per heavy atom. The number of hydrogen-bond acceptors (Lipinski definition) is 5. The van der Waals surface area contributed by atoms with Crippen LogP contribution in [0.1, 0.15) is 45.9 Å². The molecule has 0 aliphatic carbocycles. The van der Waals surface area contributed by atoms with Crippen LogP contribution in [-0.4, -0.2) is 43.3 Å². The summed E-state index contributed by atoms with van der Waals surface area (Å²) in [5, 5.41) is 4.88. The number of nitrogens with zero attached hydrogens (tertiary/aromatic N) is 1. The van der Waals surface area contributed by atoms with Crippen molar-refractivity contribution in [1.82, 2.24) is 14.9 Å². The lowest BCUT2D eigenvalue weighted by Crippen LogP contribution is -2.57. The van der Waals surface area contributed by atoms with E-state index < -0.39 is 39.9 Å². The third kappa shape index (κ3) is 7.62. The van der Waals surface area contributed by atoms with E-state index >= 15 is 0 Å². The van der Waals surface area contributed by atoms with E-state index in [0.717, 1.165) is 29.1 Å². The van der Waals surface area contributed by atoms with Gasteiger partial charge in [0.05, 0.1) is 18.0 Å². The SMILES string of the molecule is CCC(C)(C)NC(=O)C(C(C)C)N(Cc1cccs1)C(=O)CNS(=O)(=O)c1ccc(F)cc1. The van der Waals surface area contributed by atoms with Crippen molar-refractivity contribution in [3.63, 3.8) is 0 Å². The lowest BCUT2D eigenvalue weighted by Gasteiger charge is -2.36. The predicted molar refractivity (Wildman–Crippen MR) is 128 cm³/mol. The van der Waals surface area contributed by atoms with Crippen molar-refractivity contribution < 1.29 is 22.4 Å². The number of halogens is 1. The van der Waals surface area contributed by atoms with Crippen molar-refractivity contribution in [2.45, 2.75) is 64.1 Å². The molecule has 33 heavy (non-hydrogen) atoms. The van der Waals surface area contributed by atoms with Gasteiger partial charge in [-0.05, 0) is 61.9 Å². The highest BCUT2D eigenvalue weighted by molar-refractivity contribution is 7.89. The molecule has 2 rings (SSSR count). The van der Waals surface area contributed by atoms with E-state index in [-0.39, 0.29) is 23.3 Å². The molecule has 0 fully saturated rings. The average Bonchev–Trinajstić information content (AvgIpc) is 3.24. The first-order valence-corrected chi connectivity index (χ1v) is 13.1. The van der Waals surface area contributed by atoms with Crippen LogP contribution >= 0.6 is 11.3 Å². The minimum Gasteiger partial charge on any atom is -0.349 e. The zero-order valence-corrected chi connectivity index (χ0v) is 21.2. The highest BCUT2D eigenvalue weighted by Gasteiger charge is 2.35. The Labute approximate surface area is 199 Å². The number of amides is 2. The number of hydrogen-bond donors (Lipinski definition) is 2. The van der Waals surface area contributed by atoms with Crippen LogP contribution in [0.4, 0.5) is 4.39 Å². The van der Waals surface area contributed by atoms with E-state index in [0.29, 0.717) is 6.42 Å². The number of thiophene rings is 1. The molecule has 2 amide bonds. The number of benzene rings is 1. The highest BCUT2D eigenvalue weighted by Crippen LogP contribution is 2.20. The molecule has 0 aliphatic rings. The van der Waals surface area contributed by atoms with Gasteiger partial charge in [0, 0.05) is 10.4 Å². The summed E-state index contributed by atoms with van der Waals surface area (Å²) >= 11 is 1.45. The second-order valence-corrected chi connectivity index (χ2v) is 11.6. The highest BCUT2D eigenvalue weighted by atomic mass is 32.2. The van der Waals surface area contributed by atoms with Crippen molar-refractivity contribution >= 4 is 33.2 Å². The summed E-state index contributed by atoms with van der Waals surface area (Å²) in [7, 11) is -4.03. The van der Waals surface area contributed by atoms with Gasteiger partial charge < -0.3 is 10.2 Å². The molecule has 10 heteroatoms. The van der Waals surface area contributed by atoms with Crippen LogP contribution < -0.4 is 10.0 Å². The lowest BCUT2D eigenvalue weighted by molar-refractivity contribution is -0.142. The first kappa shape index (κ1) is 26.9. The van der Waals surface area contributed by atoms with Gasteiger partial charge in [-0.25, -0.2) is 17.5 Å². The number of carbonyl (C=O) groups is 2. The van der Waals surface area contributed by atoms with Crippen LogP contribution in [0.2, 0.25) is 0 Å². The fourth-order valence-electron chi connectivity index (χ4n) is 3.17. The normalized spacial score (nSPS) is 13.1. The van der Waals surface area contributed by atoms with Crippen molar-refractivity contribution in [1.29, 1.82) is 0 Å². The summed E-state index contributed by atoms with van der Waals surface area (Å²) in [5.41, 5.74) is -0.452. The molecule has 1 aromatic heterocycles. The summed E-state index contributed by atoms with van der Waals surface area (Å²) in [4.78, 5) is 28.6. The minimum atomic E-state index is -4.03. The first-order chi connectivity index (χ1) is 15.4. The van der Waals surface area contributed by atoms with Gasteiger partial charge in [0.15, 0.2) is 0 Å². The largest absolute Gasteiger partial charge is 0.349 e. The lowest BCUT2D eigenvalue weighted by atomic mass is 9.97. The molecule has 0 spiro atoms. The Bertz CT molecular complexity index is 1040. The minimum absolute atomic E-state index is 0.149. The second-order valence-electron chi connectivity index (χ2n) is 8.80. The maximum Gasteiger partial charge on any atom is 0.243 e. The summed E-state index contributed by atoms with van der Waals surface area (Å²) in [6, 6.07) is 7.25. The van der Waals surface area contributed by atoms with Gasteiger partial charge in [-0.2, -0.15) is 0 Å². The molecule has 2 N–H and O–H groups in total. The maximum atomic E-state index is 13.3. The van der Waals surface area contributed by atoms with Gasteiger partial charge in [0.1, 0.15) is 11.9 Å². The Balaban J connectivity index is 2.28. The molecule has 0 bridgehead atoms. The van der Waals surface area contributed by atoms with Crippen LogP contribution in [0.25, 0.3) is 0 Å². The van der Waals surface area contributed by atoms with Gasteiger partial charge >= 0.3 is 0 Å². The van der Waals surface area contributed by atoms with Gasteiger partial charge in [0.25, 0.3) is 0 Å². The molecule has 0 saturated heterocycles. The fourth-order valence-corrected chi connectivity index (χ4v) is 4.84. The van der Waals surface area contributed by atoms with Crippen LogP contribution in [0.3, 0.4) is 0 Å². The van der Waals surface area contributed by atoms with Gasteiger partial charge in [-0.1, -0.05) is 26.8 Å². The van der Waals surface area contributed by atoms with Crippen LogP contribution in [-0.2, 0) is 26.2 Å². The van der Waals surface area contributed by atoms with Crippen molar-refractivity contribution in [3.8, 4) is 0 Å². The Morgan fingerprint density at radius 1 is 1.15 bits per heavy atom. The maximum absolute atomic E-state index is 13.3. The molecule has 2 aromatic rings. The van der Waals surface area contributed by atoms with Crippen LogP contribution in [0.5, 0.6) is 0 Å². The molecule has 182 valence electrons. The number of carbonyl (C=O) groups excluding carboxylic acids is 2. The van der Waals surface area contributed by atoms with E-state index in [9.17, 15) is 22.4 Å². The molecule has 1 heterocycles. The molecule has 7 nitrogen and oxygen atoms in total. The van der Waals surface area contributed by atoms with Gasteiger partial charge in [0.2, 0.25) is 21.8 Å². The molecular weight excluding hydrogens is 465 g/mol. The Morgan fingerprint density at radius 2 is 1.79 bits per heavy atom. The second kappa shape index (κ2) is 11.2.